The van der Waals surface area contributed by atoms with Crippen molar-refractivity contribution in [3.05, 3.63) is 34.1 Å². The molecule has 1 aromatic rings. The highest BCUT2D eigenvalue weighted by Crippen LogP contribution is 2.21. The van der Waals surface area contributed by atoms with E-state index in [9.17, 15) is 9.18 Å². The average Bonchev–Trinajstić information content (AvgIpc) is 2.28. The van der Waals surface area contributed by atoms with Gasteiger partial charge in [-0.05, 0) is 40.4 Å². The van der Waals surface area contributed by atoms with Crippen molar-refractivity contribution in [1.29, 1.82) is 5.26 Å². The zero-order chi connectivity index (χ0) is 13.0. The third-order valence-corrected chi connectivity index (χ3v) is 3.03. The van der Waals surface area contributed by atoms with Crippen LogP contribution in [0.4, 0.5) is 4.39 Å². The van der Waals surface area contributed by atoms with Crippen LogP contribution in [0.25, 0.3) is 0 Å². The third kappa shape index (κ3) is 3.64. The Morgan fingerprint density at radius 2 is 2.18 bits per heavy atom. The highest BCUT2D eigenvalue weighted by molar-refractivity contribution is 9.10. The Balaban J connectivity index is 2.95. The molecule has 0 amide bonds. The molecule has 0 N–H and O–H groups in total. The van der Waals surface area contributed by atoms with E-state index >= 15 is 0 Å². The first-order valence-electron chi connectivity index (χ1n) is 5.34. The lowest BCUT2D eigenvalue weighted by Crippen LogP contribution is -2.15. The Bertz CT molecular complexity index is 465. The van der Waals surface area contributed by atoms with Crippen molar-refractivity contribution in [2.24, 2.45) is 11.8 Å². The van der Waals surface area contributed by atoms with E-state index in [0.29, 0.717) is 10.9 Å². The van der Waals surface area contributed by atoms with Crippen LogP contribution in [-0.4, -0.2) is 5.78 Å². The molecule has 0 saturated carbocycles. The largest absolute Gasteiger partial charge is 0.293 e. The van der Waals surface area contributed by atoms with Gasteiger partial charge >= 0.3 is 0 Å². The second-order valence-corrected chi connectivity index (χ2v) is 5.16. The quantitative estimate of drug-likeness (QED) is 0.789. The molecule has 0 heterocycles. The Labute approximate surface area is 109 Å². The van der Waals surface area contributed by atoms with Crippen LogP contribution in [0.15, 0.2) is 22.7 Å². The van der Waals surface area contributed by atoms with Crippen LogP contribution < -0.4 is 0 Å². The molecule has 2 nitrogen and oxygen atoms in total. The summed E-state index contributed by atoms with van der Waals surface area (Å²) < 4.78 is 13.6. The minimum atomic E-state index is -0.699. The molecule has 1 atom stereocenters. The molecule has 0 bridgehead atoms. The topological polar surface area (TPSA) is 40.9 Å². The molecular weight excluding hydrogens is 285 g/mol. The number of rotatable bonds is 4. The summed E-state index contributed by atoms with van der Waals surface area (Å²) in [5.74, 6) is -1.25. The molecule has 0 spiro atoms. The summed E-state index contributed by atoms with van der Waals surface area (Å²) in [7, 11) is 0. The first kappa shape index (κ1) is 13.9. The summed E-state index contributed by atoms with van der Waals surface area (Å²) in [4.78, 5) is 12.0. The lowest BCUT2D eigenvalue weighted by Gasteiger charge is -2.10. The van der Waals surface area contributed by atoms with Gasteiger partial charge in [0, 0.05) is 5.56 Å². The second-order valence-electron chi connectivity index (χ2n) is 4.30. The van der Waals surface area contributed by atoms with Crippen LogP contribution in [0.1, 0.15) is 30.6 Å². The predicted molar refractivity (Wildman–Crippen MR) is 67.0 cm³/mol. The monoisotopic (exact) mass is 297 g/mol. The number of nitriles is 1. The Morgan fingerprint density at radius 3 is 2.65 bits per heavy atom. The van der Waals surface area contributed by atoms with E-state index in [1.54, 1.807) is 0 Å². The number of benzene rings is 1. The highest BCUT2D eigenvalue weighted by atomic mass is 79.9. The molecule has 0 aliphatic heterocycles. The number of halogens is 2. The van der Waals surface area contributed by atoms with E-state index in [2.05, 4.69) is 15.9 Å². The van der Waals surface area contributed by atoms with Crippen molar-refractivity contribution in [1.82, 2.24) is 0 Å². The van der Waals surface area contributed by atoms with Crippen LogP contribution in [0, 0.1) is 29.0 Å². The zero-order valence-electron chi connectivity index (χ0n) is 9.71. The molecule has 1 unspecified atom stereocenters. The van der Waals surface area contributed by atoms with Gasteiger partial charge in [-0.2, -0.15) is 5.26 Å². The number of nitrogens with zero attached hydrogens (tertiary/aromatic N) is 1. The first-order valence-corrected chi connectivity index (χ1v) is 6.14. The molecule has 0 aliphatic rings. The molecule has 0 aliphatic carbocycles. The molecule has 4 heteroatoms. The molecule has 0 aromatic heterocycles. The number of Topliss-reactive ketones (excluding diaryl/α,β-unsaturated/α-hetero) is 1. The molecule has 0 saturated heterocycles. The summed E-state index contributed by atoms with van der Waals surface area (Å²) in [6, 6.07) is 6.15. The summed E-state index contributed by atoms with van der Waals surface area (Å²) in [6.45, 7) is 3.89. The number of hydrogen-bond acceptors (Lipinski definition) is 2. The van der Waals surface area contributed by atoms with Crippen LogP contribution in [-0.2, 0) is 0 Å². The van der Waals surface area contributed by atoms with E-state index in [-0.39, 0.29) is 17.3 Å². The Hall–Kier alpha value is -1.21. The van der Waals surface area contributed by atoms with Crippen molar-refractivity contribution in [3.8, 4) is 6.07 Å². The summed E-state index contributed by atoms with van der Waals surface area (Å²) >= 11 is 3.02. The van der Waals surface area contributed by atoms with Crippen molar-refractivity contribution in [2.45, 2.75) is 20.3 Å². The Morgan fingerprint density at radius 1 is 1.53 bits per heavy atom. The molecular formula is C13H13BrFNO. The maximum atomic E-state index is 13.3. The minimum absolute atomic E-state index is 0.248. The second kappa shape index (κ2) is 5.92. The minimum Gasteiger partial charge on any atom is -0.293 e. The molecule has 17 heavy (non-hydrogen) atoms. The number of hydrogen-bond donors (Lipinski definition) is 0. The lowest BCUT2D eigenvalue weighted by atomic mass is 9.91. The van der Waals surface area contributed by atoms with E-state index in [0.717, 1.165) is 6.07 Å². The molecule has 1 rings (SSSR count). The van der Waals surface area contributed by atoms with Gasteiger partial charge in [0.2, 0.25) is 0 Å². The first-order chi connectivity index (χ1) is 7.95. The average molecular weight is 298 g/mol. The van der Waals surface area contributed by atoms with Gasteiger partial charge in [0.05, 0.1) is 10.5 Å². The standard InChI is InChI=1S/C13H13BrFNO/c1-8(2)5-10(7-16)13(17)9-3-4-11(14)12(15)6-9/h3-4,6,8,10H,5H2,1-2H3. The smallest absolute Gasteiger partial charge is 0.180 e. The van der Waals surface area contributed by atoms with Gasteiger partial charge in [-0.25, -0.2) is 4.39 Å². The number of carbonyl (C=O) groups is 1. The normalized spacial score (nSPS) is 12.2. The lowest BCUT2D eigenvalue weighted by molar-refractivity contribution is 0.0936. The van der Waals surface area contributed by atoms with Gasteiger partial charge in [-0.1, -0.05) is 19.9 Å². The highest BCUT2D eigenvalue weighted by Gasteiger charge is 2.21. The molecule has 90 valence electrons. The molecule has 0 fully saturated rings. The van der Waals surface area contributed by atoms with Crippen LogP contribution in [0.2, 0.25) is 0 Å². The fourth-order valence-corrected chi connectivity index (χ4v) is 1.79. The van der Waals surface area contributed by atoms with Crippen molar-refractivity contribution in [3.63, 3.8) is 0 Å². The van der Waals surface area contributed by atoms with Crippen molar-refractivity contribution < 1.29 is 9.18 Å². The summed E-state index contributed by atoms with van der Waals surface area (Å²) in [5.41, 5.74) is 0.248. The van der Waals surface area contributed by atoms with Crippen molar-refractivity contribution >= 4 is 21.7 Å². The van der Waals surface area contributed by atoms with Gasteiger partial charge in [-0.15, -0.1) is 0 Å². The zero-order valence-corrected chi connectivity index (χ0v) is 11.3. The summed E-state index contributed by atoms with van der Waals surface area (Å²) in [6.07, 6.45) is 0.493. The van der Waals surface area contributed by atoms with E-state index in [4.69, 9.17) is 5.26 Å². The van der Waals surface area contributed by atoms with Gasteiger partial charge in [-0.3, -0.25) is 4.79 Å². The van der Waals surface area contributed by atoms with Gasteiger partial charge in [0.25, 0.3) is 0 Å². The fourth-order valence-electron chi connectivity index (χ4n) is 1.54. The van der Waals surface area contributed by atoms with Gasteiger partial charge in [0.15, 0.2) is 5.78 Å². The van der Waals surface area contributed by atoms with Gasteiger partial charge < -0.3 is 0 Å². The van der Waals surface area contributed by atoms with Gasteiger partial charge in [0.1, 0.15) is 11.7 Å². The molecule has 1 aromatic carbocycles. The number of carbonyl (C=O) groups excluding carboxylic acids is 1. The summed E-state index contributed by atoms with van der Waals surface area (Å²) in [5, 5.41) is 8.96. The van der Waals surface area contributed by atoms with E-state index < -0.39 is 11.7 Å². The third-order valence-electron chi connectivity index (χ3n) is 2.38. The maximum absolute atomic E-state index is 13.3. The molecule has 0 radical (unpaired) electrons. The predicted octanol–water partition coefficient (Wildman–Crippen LogP) is 3.96. The van der Waals surface area contributed by atoms with Crippen LogP contribution in [0.5, 0.6) is 0 Å². The van der Waals surface area contributed by atoms with E-state index in [1.807, 2.05) is 19.9 Å². The number of ketones is 1. The van der Waals surface area contributed by atoms with E-state index in [1.165, 1.54) is 12.1 Å². The van der Waals surface area contributed by atoms with Crippen LogP contribution in [0.3, 0.4) is 0 Å². The SMILES string of the molecule is CC(C)CC(C#N)C(=O)c1ccc(Br)c(F)c1. The Kier molecular flexibility index (Phi) is 4.83. The van der Waals surface area contributed by atoms with Crippen molar-refractivity contribution in [2.75, 3.05) is 0 Å². The maximum Gasteiger partial charge on any atom is 0.180 e. The van der Waals surface area contributed by atoms with Crippen LogP contribution >= 0.6 is 15.9 Å². The fraction of sp³-hybridized carbons (Fsp3) is 0.385.